The number of aldehydes is 1. The molecule has 1 rings (SSSR count). The molecule has 1 aromatic rings. The van der Waals surface area contributed by atoms with Crippen molar-refractivity contribution in [1.82, 2.24) is 0 Å². The molecular weight excluding hydrogens is 131 g/mol. The van der Waals surface area contributed by atoms with Gasteiger partial charge in [0.05, 0.1) is 0 Å². The number of alkyl halides is 1. The standard InChI is InChI=1S/C8H7FO/c9-5-7-2-1-3-8(4-7)6-10/h1-4,6H,5H2. The average Bonchev–Trinajstić information content (AvgIpc) is 2.05. The van der Waals surface area contributed by atoms with E-state index in [9.17, 15) is 9.18 Å². The normalized spacial score (nSPS) is 9.30. The zero-order valence-electron chi connectivity index (χ0n) is 5.38. The monoisotopic (exact) mass is 138 g/mol. The molecule has 0 saturated heterocycles. The van der Waals surface area contributed by atoms with Crippen molar-refractivity contribution >= 4 is 6.29 Å². The molecule has 0 aromatic heterocycles. The summed E-state index contributed by atoms with van der Waals surface area (Å²) >= 11 is 0. The van der Waals surface area contributed by atoms with E-state index in [1.165, 1.54) is 6.07 Å². The molecular formula is C8H7FO. The molecule has 0 aliphatic carbocycles. The lowest BCUT2D eigenvalue weighted by atomic mass is 10.1. The van der Waals surface area contributed by atoms with Crippen molar-refractivity contribution in [3.63, 3.8) is 0 Å². The van der Waals surface area contributed by atoms with Gasteiger partial charge in [0.2, 0.25) is 0 Å². The Bertz CT molecular complexity index is 232. The first kappa shape index (κ1) is 6.93. The predicted molar refractivity (Wildman–Crippen MR) is 36.6 cm³/mol. The SMILES string of the molecule is O=Cc1cccc(CF)c1. The number of carbonyl (C=O) groups is 1. The number of halogens is 1. The van der Waals surface area contributed by atoms with E-state index in [2.05, 4.69) is 0 Å². The van der Waals surface area contributed by atoms with Gasteiger partial charge in [0, 0.05) is 5.56 Å². The van der Waals surface area contributed by atoms with Crippen molar-refractivity contribution in [2.75, 3.05) is 0 Å². The molecule has 0 heterocycles. The smallest absolute Gasteiger partial charge is 0.150 e. The van der Waals surface area contributed by atoms with Gasteiger partial charge in [-0.3, -0.25) is 4.79 Å². The molecule has 52 valence electrons. The number of hydrogen-bond donors (Lipinski definition) is 0. The molecule has 2 heteroatoms. The Morgan fingerprint density at radius 1 is 1.50 bits per heavy atom. The Labute approximate surface area is 58.5 Å². The Kier molecular flexibility index (Phi) is 2.15. The van der Waals surface area contributed by atoms with Crippen molar-refractivity contribution in [1.29, 1.82) is 0 Å². The maximum Gasteiger partial charge on any atom is 0.150 e. The van der Waals surface area contributed by atoms with Crippen LogP contribution in [0.1, 0.15) is 15.9 Å². The summed E-state index contributed by atoms with van der Waals surface area (Å²) in [4.78, 5) is 10.2. The van der Waals surface area contributed by atoms with Crippen LogP contribution in [0.4, 0.5) is 4.39 Å². The van der Waals surface area contributed by atoms with Crippen molar-refractivity contribution in [2.24, 2.45) is 0 Å². The largest absolute Gasteiger partial charge is 0.298 e. The number of benzene rings is 1. The Hall–Kier alpha value is -1.18. The second-order valence-corrected chi connectivity index (χ2v) is 2.00. The zero-order chi connectivity index (χ0) is 7.40. The van der Waals surface area contributed by atoms with E-state index < -0.39 is 6.67 Å². The van der Waals surface area contributed by atoms with Gasteiger partial charge in [0.25, 0.3) is 0 Å². The Balaban J connectivity index is 2.98. The van der Waals surface area contributed by atoms with Crippen LogP contribution in [0.2, 0.25) is 0 Å². The molecule has 0 unspecified atom stereocenters. The summed E-state index contributed by atoms with van der Waals surface area (Å²) in [5, 5.41) is 0. The van der Waals surface area contributed by atoms with Crippen LogP contribution in [0.15, 0.2) is 24.3 Å². The van der Waals surface area contributed by atoms with Gasteiger partial charge in [-0.05, 0) is 11.6 Å². The first-order valence-electron chi connectivity index (χ1n) is 2.97. The minimum atomic E-state index is -0.512. The summed E-state index contributed by atoms with van der Waals surface area (Å²) in [6.07, 6.45) is 0.707. The minimum absolute atomic E-state index is 0.512. The van der Waals surface area contributed by atoms with Gasteiger partial charge in [-0.1, -0.05) is 18.2 Å². The van der Waals surface area contributed by atoms with Crippen LogP contribution in [0.5, 0.6) is 0 Å². The topological polar surface area (TPSA) is 17.1 Å². The molecule has 0 fully saturated rings. The Morgan fingerprint density at radius 2 is 2.30 bits per heavy atom. The second kappa shape index (κ2) is 3.11. The molecule has 0 atom stereocenters. The van der Waals surface area contributed by atoms with Gasteiger partial charge in [-0.2, -0.15) is 0 Å². The predicted octanol–water partition coefficient (Wildman–Crippen LogP) is 1.97. The highest BCUT2D eigenvalue weighted by atomic mass is 19.1. The van der Waals surface area contributed by atoms with Gasteiger partial charge in [0.1, 0.15) is 13.0 Å². The second-order valence-electron chi connectivity index (χ2n) is 2.00. The maximum atomic E-state index is 11.9. The molecule has 0 bridgehead atoms. The van der Waals surface area contributed by atoms with Crippen molar-refractivity contribution in [3.05, 3.63) is 35.4 Å². The van der Waals surface area contributed by atoms with Gasteiger partial charge in [-0.25, -0.2) is 4.39 Å². The van der Waals surface area contributed by atoms with Gasteiger partial charge >= 0.3 is 0 Å². The van der Waals surface area contributed by atoms with Gasteiger partial charge in [-0.15, -0.1) is 0 Å². The summed E-state index contributed by atoms with van der Waals surface area (Å²) in [6, 6.07) is 6.49. The van der Waals surface area contributed by atoms with Crippen LogP contribution in [0.25, 0.3) is 0 Å². The van der Waals surface area contributed by atoms with Crippen molar-refractivity contribution in [2.45, 2.75) is 6.67 Å². The third-order valence-corrected chi connectivity index (χ3v) is 1.24. The molecule has 0 N–H and O–H groups in total. The fourth-order valence-electron chi connectivity index (χ4n) is 0.750. The number of carbonyl (C=O) groups excluding carboxylic acids is 1. The molecule has 0 aliphatic heterocycles. The molecule has 0 amide bonds. The van der Waals surface area contributed by atoms with Crippen LogP contribution >= 0.6 is 0 Å². The summed E-state index contributed by atoms with van der Waals surface area (Å²) in [5.74, 6) is 0. The summed E-state index contributed by atoms with van der Waals surface area (Å²) in [6.45, 7) is -0.512. The van der Waals surface area contributed by atoms with Crippen LogP contribution in [-0.4, -0.2) is 6.29 Å². The van der Waals surface area contributed by atoms with Crippen molar-refractivity contribution < 1.29 is 9.18 Å². The first-order chi connectivity index (χ1) is 4.86. The number of hydrogen-bond acceptors (Lipinski definition) is 1. The quantitative estimate of drug-likeness (QED) is 0.571. The van der Waals surface area contributed by atoms with Crippen LogP contribution < -0.4 is 0 Å². The van der Waals surface area contributed by atoms with E-state index in [4.69, 9.17) is 0 Å². The highest BCUT2D eigenvalue weighted by molar-refractivity contribution is 5.74. The number of rotatable bonds is 2. The highest BCUT2D eigenvalue weighted by Gasteiger charge is 1.91. The molecule has 0 radical (unpaired) electrons. The molecule has 1 nitrogen and oxygen atoms in total. The lowest BCUT2D eigenvalue weighted by Gasteiger charge is -1.92. The van der Waals surface area contributed by atoms with E-state index in [-0.39, 0.29) is 0 Å². The van der Waals surface area contributed by atoms with E-state index >= 15 is 0 Å². The molecule has 10 heavy (non-hydrogen) atoms. The molecule has 0 saturated carbocycles. The van der Waals surface area contributed by atoms with E-state index in [1.54, 1.807) is 18.2 Å². The van der Waals surface area contributed by atoms with Crippen molar-refractivity contribution in [3.8, 4) is 0 Å². The summed E-state index contributed by atoms with van der Waals surface area (Å²) < 4.78 is 11.9. The zero-order valence-corrected chi connectivity index (χ0v) is 5.38. The summed E-state index contributed by atoms with van der Waals surface area (Å²) in [7, 11) is 0. The lowest BCUT2D eigenvalue weighted by molar-refractivity contribution is 0.112. The molecule has 0 aliphatic rings. The molecule has 0 spiro atoms. The summed E-state index contributed by atoms with van der Waals surface area (Å²) in [5.41, 5.74) is 1.07. The third-order valence-electron chi connectivity index (χ3n) is 1.24. The highest BCUT2D eigenvalue weighted by Crippen LogP contribution is 2.03. The maximum absolute atomic E-state index is 11.9. The van der Waals surface area contributed by atoms with Gasteiger partial charge in [0.15, 0.2) is 0 Å². The first-order valence-corrected chi connectivity index (χ1v) is 2.97. The third kappa shape index (κ3) is 1.41. The minimum Gasteiger partial charge on any atom is -0.298 e. The fourth-order valence-corrected chi connectivity index (χ4v) is 0.750. The lowest BCUT2D eigenvalue weighted by Crippen LogP contribution is -1.82. The fraction of sp³-hybridized carbons (Fsp3) is 0.125. The van der Waals surface area contributed by atoms with Crippen LogP contribution in [0.3, 0.4) is 0 Å². The Morgan fingerprint density at radius 3 is 2.90 bits per heavy atom. The van der Waals surface area contributed by atoms with E-state index in [0.29, 0.717) is 17.4 Å². The van der Waals surface area contributed by atoms with Crippen LogP contribution in [0, 0.1) is 0 Å². The van der Waals surface area contributed by atoms with Crippen LogP contribution in [-0.2, 0) is 6.67 Å². The average molecular weight is 138 g/mol. The molecule has 1 aromatic carbocycles. The van der Waals surface area contributed by atoms with E-state index in [0.717, 1.165) is 0 Å². The van der Waals surface area contributed by atoms with E-state index in [1.807, 2.05) is 0 Å². The van der Waals surface area contributed by atoms with Gasteiger partial charge < -0.3 is 0 Å².